The molecule has 1 aromatic heterocycles. The third-order valence-electron chi connectivity index (χ3n) is 3.68. The van der Waals surface area contributed by atoms with Gasteiger partial charge in [-0.1, -0.05) is 6.92 Å². The molecule has 2 unspecified atom stereocenters. The molecule has 7 heteroatoms. The number of H-pyrrole nitrogens is 1. The van der Waals surface area contributed by atoms with Crippen molar-refractivity contribution in [2.24, 2.45) is 17.6 Å². The highest BCUT2D eigenvalue weighted by molar-refractivity contribution is 7.89. The van der Waals surface area contributed by atoms with Gasteiger partial charge in [0.1, 0.15) is 5.82 Å². The first-order valence-corrected chi connectivity index (χ1v) is 7.61. The van der Waals surface area contributed by atoms with Crippen LogP contribution in [-0.4, -0.2) is 42.3 Å². The van der Waals surface area contributed by atoms with Gasteiger partial charge in [0.2, 0.25) is 0 Å². The number of sulfonamides is 1. The van der Waals surface area contributed by atoms with Crippen molar-refractivity contribution >= 4 is 10.0 Å². The topological polar surface area (TPSA) is 92.1 Å². The summed E-state index contributed by atoms with van der Waals surface area (Å²) in [6, 6.07) is 0. The first-order chi connectivity index (χ1) is 8.45. The summed E-state index contributed by atoms with van der Waals surface area (Å²) in [5.41, 5.74) is 5.70. The fraction of sp³-hybridized carbons (Fsp3) is 0.727. The van der Waals surface area contributed by atoms with E-state index in [4.69, 9.17) is 5.73 Å². The number of nitrogens with one attached hydrogen (secondary N) is 1. The summed E-state index contributed by atoms with van der Waals surface area (Å²) >= 11 is 0. The van der Waals surface area contributed by atoms with Gasteiger partial charge in [-0.3, -0.25) is 0 Å². The summed E-state index contributed by atoms with van der Waals surface area (Å²) in [7, 11) is -3.45. The van der Waals surface area contributed by atoms with Crippen LogP contribution in [0.3, 0.4) is 0 Å². The molecule has 1 saturated heterocycles. The van der Waals surface area contributed by atoms with Crippen LogP contribution in [0.2, 0.25) is 0 Å². The maximum Gasteiger partial charge on any atom is 0.260 e. The number of aryl methyl sites for hydroxylation is 1. The summed E-state index contributed by atoms with van der Waals surface area (Å²) in [5, 5.41) is 0.172. The Balaban J connectivity index is 2.21. The average Bonchev–Trinajstić information content (AvgIpc) is 2.77. The lowest BCUT2D eigenvalue weighted by atomic mass is 9.88. The number of nitrogens with two attached hydrogens (primary N) is 1. The molecule has 0 radical (unpaired) electrons. The van der Waals surface area contributed by atoms with E-state index in [1.165, 1.54) is 10.5 Å². The smallest absolute Gasteiger partial charge is 0.260 e. The predicted octanol–water partition coefficient (Wildman–Crippen LogP) is 0.324. The zero-order valence-corrected chi connectivity index (χ0v) is 11.6. The maximum absolute atomic E-state index is 12.4. The second kappa shape index (κ2) is 4.99. The van der Waals surface area contributed by atoms with Crippen LogP contribution in [0.5, 0.6) is 0 Å². The van der Waals surface area contributed by atoms with Gasteiger partial charge in [-0.2, -0.15) is 4.31 Å². The fourth-order valence-corrected chi connectivity index (χ4v) is 3.78. The van der Waals surface area contributed by atoms with Gasteiger partial charge in [0.25, 0.3) is 10.0 Å². The van der Waals surface area contributed by atoms with Crippen molar-refractivity contribution in [2.75, 3.05) is 19.6 Å². The van der Waals surface area contributed by atoms with Crippen LogP contribution in [0.15, 0.2) is 11.2 Å². The van der Waals surface area contributed by atoms with Crippen molar-refractivity contribution < 1.29 is 8.42 Å². The van der Waals surface area contributed by atoms with Gasteiger partial charge in [-0.25, -0.2) is 13.4 Å². The van der Waals surface area contributed by atoms with Gasteiger partial charge in [0, 0.05) is 13.1 Å². The lowest BCUT2D eigenvalue weighted by Gasteiger charge is -2.35. The minimum Gasteiger partial charge on any atom is -0.332 e. The third kappa shape index (κ3) is 2.43. The fourth-order valence-electron chi connectivity index (χ4n) is 2.31. The number of aromatic nitrogens is 2. The maximum atomic E-state index is 12.4. The van der Waals surface area contributed by atoms with E-state index in [2.05, 4.69) is 16.9 Å². The van der Waals surface area contributed by atoms with Gasteiger partial charge < -0.3 is 10.7 Å². The first kappa shape index (κ1) is 13.5. The summed E-state index contributed by atoms with van der Waals surface area (Å²) in [6.07, 6.45) is 2.23. The van der Waals surface area contributed by atoms with E-state index < -0.39 is 10.0 Å². The number of hydrogen-bond donors (Lipinski definition) is 2. The van der Waals surface area contributed by atoms with Crippen LogP contribution in [0, 0.1) is 18.8 Å². The Kier molecular flexibility index (Phi) is 3.74. The standard InChI is InChI=1S/C11H20N4O2S/c1-8-3-4-15(7-10(8)5-12)18(16,17)11-6-13-9(2)14-11/h6,8,10H,3-5,7,12H2,1-2H3,(H,13,14). The highest BCUT2D eigenvalue weighted by Crippen LogP contribution is 2.26. The van der Waals surface area contributed by atoms with E-state index in [-0.39, 0.29) is 10.9 Å². The molecule has 18 heavy (non-hydrogen) atoms. The minimum atomic E-state index is -3.45. The molecule has 1 aliphatic rings. The third-order valence-corrected chi connectivity index (χ3v) is 5.45. The van der Waals surface area contributed by atoms with Crippen LogP contribution in [0.1, 0.15) is 19.2 Å². The van der Waals surface area contributed by atoms with Crippen LogP contribution in [0.4, 0.5) is 0 Å². The Morgan fingerprint density at radius 1 is 1.61 bits per heavy atom. The predicted molar refractivity (Wildman–Crippen MR) is 68.4 cm³/mol. The molecule has 2 heterocycles. The molecular weight excluding hydrogens is 252 g/mol. The Morgan fingerprint density at radius 2 is 2.33 bits per heavy atom. The monoisotopic (exact) mass is 272 g/mol. The second-order valence-corrected chi connectivity index (χ2v) is 6.86. The van der Waals surface area contributed by atoms with Gasteiger partial charge in [0.05, 0.1) is 6.20 Å². The number of aromatic amines is 1. The molecule has 1 aliphatic heterocycles. The number of nitrogens with zero attached hydrogens (tertiary/aromatic N) is 2. The van der Waals surface area contributed by atoms with E-state index in [0.29, 0.717) is 31.4 Å². The largest absolute Gasteiger partial charge is 0.332 e. The molecule has 3 N–H and O–H groups in total. The second-order valence-electron chi connectivity index (χ2n) is 4.96. The first-order valence-electron chi connectivity index (χ1n) is 6.17. The number of rotatable bonds is 3. The van der Waals surface area contributed by atoms with Crippen LogP contribution in [-0.2, 0) is 10.0 Å². The van der Waals surface area contributed by atoms with Crippen LogP contribution in [0.25, 0.3) is 0 Å². The molecular formula is C11H20N4O2S. The zero-order valence-electron chi connectivity index (χ0n) is 10.8. The van der Waals surface area contributed by atoms with E-state index in [9.17, 15) is 8.42 Å². The molecule has 6 nitrogen and oxygen atoms in total. The Morgan fingerprint density at radius 3 is 2.89 bits per heavy atom. The lowest BCUT2D eigenvalue weighted by Crippen LogP contribution is -2.45. The van der Waals surface area contributed by atoms with E-state index in [1.54, 1.807) is 6.92 Å². The minimum absolute atomic E-state index is 0.172. The van der Waals surface area contributed by atoms with Gasteiger partial charge in [-0.15, -0.1) is 0 Å². The van der Waals surface area contributed by atoms with E-state index >= 15 is 0 Å². The highest BCUT2D eigenvalue weighted by Gasteiger charge is 2.33. The number of imidazole rings is 1. The SMILES string of the molecule is Cc1ncc(S(=O)(=O)N2CCC(C)C(CN)C2)[nH]1. The van der Waals surface area contributed by atoms with Gasteiger partial charge in [-0.05, 0) is 31.7 Å². The average molecular weight is 272 g/mol. The molecule has 2 rings (SSSR count). The van der Waals surface area contributed by atoms with Crippen LogP contribution < -0.4 is 5.73 Å². The lowest BCUT2D eigenvalue weighted by molar-refractivity contribution is 0.203. The molecule has 0 aromatic carbocycles. The normalized spacial score (nSPS) is 26.4. The Hall–Kier alpha value is -0.920. The van der Waals surface area contributed by atoms with Crippen molar-refractivity contribution in [3.8, 4) is 0 Å². The summed E-state index contributed by atoms with van der Waals surface area (Å²) in [4.78, 5) is 6.73. The van der Waals surface area contributed by atoms with E-state index in [0.717, 1.165) is 6.42 Å². The molecule has 0 amide bonds. The quantitative estimate of drug-likeness (QED) is 0.829. The van der Waals surface area contributed by atoms with Gasteiger partial charge in [0.15, 0.2) is 5.03 Å². The number of hydrogen-bond acceptors (Lipinski definition) is 4. The molecule has 102 valence electrons. The van der Waals surface area contributed by atoms with Crippen molar-refractivity contribution in [1.29, 1.82) is 0 Å². The molecule has 1 fully saturated rings. The van der Waals surface area contributed by atoms with Crippen molar-refractivity contribution in [3.05, 3.63) is 12.0 Å². The van der Waals surface area contributed by atoms with Crippen molar-refractivity contribution in [2.45, 2.75) is 25.3 Å². The van der Waals surface area contributed by atoms with E-state index in [1.807, 2.05) is 0 Å². The molecule has 2 atom stereocenters. The highest BCUT2D eigenvalue weighted by atomic mass is 32.2. The summed E-state index contributed by atoms with van der Waals surface area (Å²) in [6.45, 7) is 5.44. The Bertz CT molecular complexity index is 511. The molecule has 0 spiro atoms. The zero-order chi connectivity index (χ0) is 13.3. The molecule has 1 aromatic rings. The summed E-state index contributed by atoms with van der Waals surface area (Å²) in [5.74, 6) is 1.32. The van der Waals surface area contributed by atoms with Crippen molar-refractivity contribution in [3.63, 3.8) is 0 Å². The van der Waals surface area contributed by atoms with Crippen molar-refractivity contribution in [1.82, 2.24) is 14.3 Å². The molecule has 0 saturated carbocycles. The van der Waals surface area contributed by atoms with Crippen LogP contribution >= 0.6 is 0 Å². The summed E-state index contributed by atoms with van der Waals surface area (Å²) < 4.78 is 26.3. The molecule has 0 bridgehead atoms. The molecule has 0 aliphatic carbocycles. The Labute approximate surface area is 108 Å². The van der Waals surface area contributed by atoms with Gasteiger partial charge >= 0.3 is 0 Å². The number of piperidine rings is 1.